The Balaban J connectivity index is 2.02. The number of carboxylic acids is 1. The van der Waals surface area contributed by atoms with Crippen LogP contribution in [0, 0.1) is 5.92 Å². The van der Waals surface area contributed by atoms with E-state index in [2.05, 4.69) is 0 Å². The Kier molecular flexibility index (Phi) is 6.98. The average Bonchev–Trinajstić information content (AvgIpc) is 3.60. The molecule has 1 fully saturated rings. The van der Waals surface area contributed by atoms with Gasteiger partial charge in [-0.3, -0.25) is 9.59 Å². The van der Waals surface area contributed by atoms with Crippen molar-refractivity contribution in [3.8, 4) is 22.6 Å². The Morgan fingerprint density at radius 3 is 2.43 bits per heavy atom. The van der Waals surface area contributed by atoms with E-state index in [-0.39, 0.29) is 18.2 Å². The van der Waals surface area contributed by atoms with Gasteiger partial charge in [0.1, 0.15) is 0 Å². The Hall–Kier alpha value is -3.02. The summed E-state index contributed by atoms with van der Waals surface area (Å²) in [5, 5.41) is 9.07. The van der Waals surface area contributed by atoms with Crippen LogP contribution < -0.4 is 9.47 Å². The van der Waals surface area contributed by atoms with Crippen LogP contribution in [0.4, 0.5) is 0 Å². The molecule has 30 heavy (non-hydrogen) atoms. The van der Waals surface area contributed by atoms with Gasteiger partial charge in [-0.1, -0.05) is 24.3 Å². The van der Waals surface area contributed by atoms with Crippen molar-refractivity contribution in [2.24, 2.45) is 5.92 Å². The van der Waals surface area contributed by atoms with Crippen LogP contribution in [0.1, 0.15) is 37.3 Å². The summed E-state index contributed by atoms with van der Waals surface area (Å²) >= 11 is 0. The molecular formula is C24H29NO5. The number of carboxylic acid groups (broad SMARTS) is 1. The number of nitrogens with zero attached hydrogens (tertiary/aromatic N) is 1. The molecule has 2 aromatic rings. The Bertz CT molecular complexity index is 920. The number of ether oxygens (including phenoxy) is 2. The van der Waals surface area contributed by atoms with E-state index < -0.39 is 5.97 Å². The Morgan fingerprint density at radius 1 is 1.10 bits per heavy atom. The number of carbonyl (C=O) groups excluding carboxylic acids is 1. The number of methoxy groups -OCH3 is 2. The first kappa shape index (κ1) is 21.7. The molecule has 0 spiro atoms. The highest BCUT2D eigenvalue weighted by atomic mass is 16.5. The summed E-state index contributed by atoms with van der Waals surface area (Å²) in [7, 11) is 3.16. The highest BCUT2D eigenvalue weighted by Crippen LogP contribution is 2.41. The molecule has 0 saturated heterocycles. The van der Waals surface area contributed by atoms with Crippen molar-refractivity contribution in [3.63, 3.8) is 0 Å². The van der Waals surface area contributed by atoms with Gasteiger partial charge in [-0.2, -0.15) is 0 Å². The minimum Gasteiger partial charge on any atom is -0.493 e. The van der Waals surface area contributed by atoms with Gasteiger partial charge in [0.25, 0.3) is 0 Å². The molecule has 0 aromatic heterocycles. The van der Waals surface area contributed by atoms with Gasteiger partial charge >= 0.3 is 5.97 Å². The minimum atomic E-state index is -0.844. The standard InChI is InChI=1S/C24H29NO5/c1-4-25(24(28)17-10-11-17)15-18-7-5-6-8-19(18)20-13-16(9-12-22(26)27)14-21(29-2)23(20)30-3/h5-8,13-14,17H,4,9-12,15H2,1-3H3,(H,26,27). The quantitative estimate of drug-likeness (QED) is 0.636. The van der Waals surface area contributed by atoms with Crippen molar-refractivity contribution >= 4 is 11.9 Å². The van der Waals surface area contributed by atoms with Gasteiger partial charge in [0, 0.05) is 31.0 Å². The smallest absolute Gasteiger partial charge is 0.303 e. The predicted molar refractivity (Wildman–Crippen MR) is 115 cm³/mol. The molecule has 1 saturated carbocycles. The molecule has 0 radical (unpaired) electrons. The maximum atomic E-state index is 12.6. The first-order valence-electron chi connectivity index (χ1n) is 10.3. The number of carbonyl (C=O) groups is 2. The molecule has 1 N–H and O–H groups in total. The third-order valence-corrected chi connectivity index (χ3v) is 5.45. The van der Waals surface area contributed by atoms with E-state index in [1.54, 1.807) is 14.2 Å². The lowest BCUT2D eigenvalue weighted by molar-refractivity contribution is -0.137. The van der Waals surface area contributed by atoms with E-state index in [1.165, 1.54) is 0 Å². The van der Waals surface area contributed by atoms with Gasteiger partial charge in [-0.25, -0.2) is 0 Å². The van der Waals surface area contributed by atoms with E-state index >= 15 is 0 Å². The van der Waals surface area contributed by atoms with Crippen molar-refractivity contribution in [3.05, 3.63) is 47.5 Å². The summed E-state index contributed by atoms with van der Waals surface area (Å²) in [5.74, 6) is 0.703. The van der Waals surface area contributed by atoms with Crippen LogP contribution in [0.5, 0.6) is 11.5 Å². The maximum absolute atomic E-state index is 12.6. The fourth-order valence-corrected chi connectivity index (χ4v) is 3.68. The lowest BCUT2D eigenvalue weighted by atomic mass is 9.95. The summed E-state index contributed by atoms with van der Waals surface area (Å²) < 4.78 is 11.2. The van der Waals surface area contributed by atoms with Crippen LogP contribution in [0.3, 0.4) is 0 Å². The first-order chi connectivity index (χ1) is 14.5. The summed E-state index contributed by atoms with van der Waals surface area (Å²) in [6.45, 7) is 3.18. The third-order valence-electron chi connectivity index (χ3n) is 5.45. The van der Waals surface area contributed by atoms with Gasteiger partial charge in [-0.15, -0.1) is 0 Å². The van der Waals surface area contributed by atoms with Crippen molar-refractivity contribution in [2.75, 3.05) is 20.8 Å². The summed E-state index contributed by atoms with van der Waals surface area (Å²) in [6.07, 6.45) is 2.39. The molecule has 0 unspecified atom stereocenters. The second-order valence-electron chi connectivity index (χ2n) is 7.56. The minimum absolute atomic E-state index is 0.0378. The molecule has 1 aliphatic rings. The number of hydrogen-bond donors (Lipinski definition) is 1. The largest absolute Gasteiger partial charge is 0.493 e. The summed E-state index contributed by atoms with van der Waals surface area (Å²) in [5.41, 5.74) is 3.67. The lowest BCUT2D eigenvalue weighted by Crippen LogP contribution is -2.31. The Labute approximate surface area is 177 Å². The molecule has 3 rings (SSSR count). The van der Waals surface area contributed by atoms with Gasteiger partial charge in [0.2, 0.25) is 5.91 Å². The molecule has 1 aliphatic carbocycles. The van der Waals surface area contributed by atoms with Crippen LogP contribution in [0.15, 0.2) is 36.4 Å². The van der Waals surface area contributed by atoms with Crippen LogP contribution >= 0.6 is 0 Å². The van der Waals surface area contributed by atoms with Crippen LogP contribution in [0.2, 0.25) is 0 Å². The summed E-state index contributed by atoms with van der Waals surface area (Å²) in [6, 6.07) is 11.7. The fraction of sp³-hybridized carbons (Fsp3) is 0.417. The zero-order valence-corrected chi connectivity index (χ0v) is 17.8. The van der Waals surface area contributed by atoms with E-state index in [4.69, 9.17) is 14.6 Å². The van der Waals surface area contributed by atoms with Crippen molar-refractivity contribution in [1.82, 2.24) is 4.90 Å². The van der Waals surface area contributed by atoms with E-state index in [1.807, 2.05) is 48.2 Å². The maximum Gasteiger partial charge on any atom is 0.303 e. The number of benzene rings is 2. The molecule has 1 amide bonds. The molecule has 0 aliphatic heterocycles. The SMILES string of the molecule is CCN(Cc1ccccc1-c1cc(CCC(=O)O)cc(OC)c1OC)C(=O)C1CC1. The normalized spacial score (nSPS) is 13.0. The predicted octanol–water partition coefficient (Wildman–Crippen LogP) is 4.15. The number of amides is 1. The van der Waals surface area contributed by atoms with Crippen molar-refractivity contribution in [2.45, 2.75) is 39.2 Å². The van der Waals surface area contributed by atoms with Crippen molar-refractivity contribution < 1.29 is 24.2 Å². The molecule has 6 heteroatoms. The molecular weight excluding hydrogens is 382 g/mol. The zero-order valence-electron chi connectivity index (χ0n) is 17.8. The lowest BCUT2D eigenvalue weighted by Gasteiger charge is -2.23. The third kappa shape index (κ3) is 4.93. The van der Waals surface area contributed by atoms with E-state index in [0.717, 1.165) is 35.1 Å². The molecule has 0 heterocycles. The van der Waals surface area contributed by atoms with Crippen molar-refractivity contribution in [1.29, 1.82) is 0 Å². The number of aliphatic carboxylic acids is 1. The monoisotopic (exact) mass is 411 g/mol. The van der Waals surface area contributed by atoms with E-state index in [0.29, 0.717) is 31.0 Å². The molecule has 2 aromatic carbocycles. The van der Waals surface area contributed by atoms with E-state index in [9.17, 15) is 9.59 Å². The number of aryl methyl sites for hydroxylation is 1. The number of hydrogen-bond acceptors (Lipinski definition) is 4. The fourth-order valence-electron chi connectivity index (χ4n) is 3.68. The molecule has 0 bridgehead atoms. The topological polar surface area (TPSA) is 76.1 Å². The van der Waals surface area contributed by atoms with Crippen LogP contribution in [-0.2, 0) is 22.6 Å². The average molecular weight is 411 g/mol. The van der Waals surface area contributed by atoms with Gasteiger partial charge in [-0.05, 0) is 55.0 Å². The van der Waals surface area contributed by atoms with Gasteiger partial charge < -0.3 is 19.5 Å². The van der Waals surface area contributed by atoms with Crippen LogP contribution in [-0.4, -0.2) is 42.6 Å². The van der Waals surface area contributed by atoms with Crippen LogP contribution in [0.25, 0.3) is 11.1 Å². The number of rotatable bonds is 10. The Morgan fingerprint density at radius 2 is 1.83 bits per heavy atom. The zero-order chi connectivity index (χ0) is 21.7. The second-order valence-corrected chi connectivity index (χ2v) is 7.56. The highest BCUT2D eigenvalue weighted by molar-refractivity contribution is 5.82. The molecule has 0 atom stereocenters. The highest BCUT2D eigenvalue weighted by Gasteiger charge is 2.33. The van der Waals surface area contributed by atoms with Gasteiger partial charge in [0.15, 0.2) is 11.5 Å². The second kappa shape index (κ2) is 9.65. The summed E-state index contributed by atoms with van der Waals surface area (Å²) in [4.78, 5) is 25.6. The molecule has 160 valence electrons. The molecule has 6 nitrogen and oxygen atoms in total. The first-order valence-corrected chi connectivity index (χ1v) is 10.3. The van der Waals surface area contributed by atoms with Gasteiger partial charge in [0.05, 0.1) is 14.2 Å².